The summed E-state index contributed by atoms with van der Waals surface area (Å²) in [6.07, 6.45) is -0.0310. The van der Waals surface area contributed by atoms with Gasteiger partial charge in [-0.1, -0.05) is 32.0 Å². The van der Waals surface area contributed by atoms with E-state index in [2.05, 4.69) is 0 Å². The number of carbonyl (C=O) groups excluding carboxylic acids is 1. The van der Waals surface area contributed by atoms with E-state index in [4.69, 9.17) is 4.74 Å². The zero-order valence-electron chi connectivity index (χ0n) is 11.7. The van der Waals surface area contributed by atoms with Gasteiger partial charge in [-0.15, -0.1) is 0 Å². The maximum Gasteiger partial charge on any atom is 0.414 e. The van der Waals surface area contributed by atoms with E-state index in [1.165, 1.54) is 4.90 Å². The molecule has 1 unspecified atom stereocenters. The van der Waals surface area contributed by atoms with Crippen molar-refractivity contribution in [2.45, 2.75) is 20.3 Å². The van der Waals surface area contributed by atoms with E-state index in [-0.39, 0.29) is 12.5 Å². The minimum atomic E-state index is -0.888. The van der Waals surface area contributed by atoms with Crippen LogP contribution in [0.2, 0.25) is 0 Å². The van der Waals surface area contributed by atoms with E-state index in [1.807, 2.05) is 38.1 Å². The van der Waals surface area contributed by atoms with Crippen LogP contribution < -0.4 is 4.90 Å². The number of para-hydroxylation sites is 1. The Balaban J connectivity index is 2.22. The highest BCUT2D eigenvalue weighted by Gasteiger charge is 2.32. The molecule has 0 aromatic heterocycles. The van der Waals surface area contributed by atoms with Crippen molar-refractivity contribution < 1.29 is 19.4 Å². The van der Waals surface area contributed by atoms with Crippen LogP contribution in [-0.2, 0) is 16.0 Å². The van der Waals surface area contributed by atoms with E-state index in [9.17, 15) is 14.7 Å². The van der Waals surface area contributed by atoms with Crippen molar-refractivity contribution in [2.75, 3.05) is 18.1 Å². The predicted octanol–water partition coefficient (Wildman–Crippen LogP) is 2.54. The third kappa shape index (κ3) is 3.10. The molecule has 1 aliphatic heterocycles. The number of rotatable bonds is 3. The van der Waals surface area contributed by atoms with Gasteiger partial charge < -0.3 is 9.84 Å². The lowest BCUT2D eigenvalue weighted by Gasteiger charge is -2.32. The zero-order chi connectivity index (χ0) is 14.7. The predicted molar refractivity (Wildman–Crippen MR) is 74.8 cm³/mol. The van der Waals surface area contributed by atoms with Crippen LogP contribution in [0.1, 0.15) is 19.4 Å². The van der Waals surface area contributed by atoms with Gasteiger partial charge >= 0.3 is 12.1 Å². The van der Waals surface area contributed by atoms with E-state index in [0.29, 0.717) is 13.0 Å². The summed E-state index contributed by atoms with van der Waals surface area (Å²) < 4.78 is 5.22. The van der Waals surface area contributed by atoms with Crippen LogP contribution in [0.25, 0.3) is 0 Å². The Morgan fingerprint density at radius 3 is 2.75 bits per heavy atom. The maximum atomic E-state index is 12.1. The molecule has 0 bridgehead atoms. The molecule has 0 saturated carbocycles. The number of carboxylic acids is 1. The highest BCUT2D eigenvalue weighted by Crippen LogP contribution is 2.30. The van der Waals surface area contributed by atoms with Crippen LogP contribution in [0, 0.1) is 11.8 Å². The molecule has 0 spiro atoms. The van der Waals surface area contributed by atoms with Gasteiger partial charge in [-0.25, -0.2) is 4.79 Å². The first-order chi connectivity index (χ1) is 9.49. The summed E-state index contributed by atoms with van der Waals surface area (Å²) in [7, 11) is 0. The quantitative estimate of drug-likeness (QED) is 0.922. The van der Waals surface area contributed by atoms with E-state index < -0.39 is 18.0 Å². The van der Waals surface area contributed by atoms with Crippen LogP contribution >= 0.6 is 0 Å². The summed E-state index contributed by atoms with van der Waals surface area (Å²) in [4.78, 5) is 24.8. The second-order valence-electron chi connectivity index (χ2n) is 5.45. The van der Waals surface area contributed by atoms with Gasteiger partial charge in [0.2, 0.25) is 0 Å². The fraction of sp³-hybridized carbons (Fsp3) is 0.467. The molecule has 1 amide bonds. The lowest BCUT2D eigenvalue weighted by atomic mass is 9.93. The molecule has 1 atom stereocenters. The molecular formula is C15H19NO4. The zero-order valence-corrected chi connectivity index (χ0v) is 11.7. The molecule has 1 aliphatic rings. The van der Waals surface area contributed by atoms with Crippen LogP contribution in [0.5, 0.6) is 0 Å². The van der Waals surface area contributed by atoms with E-state index >= 15 is 0 Å². The fourth-order valence-corrected chi connectivity index (χ4v) is 2.25. The molecule has 1 aromatic rings. The van der Waals surface area contributed by atoms with Gasteiger partial charge in [0.05, 0.1) is 18.2 Å². The number of amides is 1. The molecule has 108 valence electrons. The number of benzene rings is 1. The monoisotopic (exact) mass is 277 g/mol. The number of fused-ring (bicyclic) bond motifs is 1. The minimum Gasteiger partial charge on any atom is -0.481 e. The Morgan fingerprint density at radius 2 is 2.10 bits per heavy atom. The highest BCUT2D eigenvalue weighted by atomic mass is 16.6. The van der Waals surface area contributed by atoms with Gasteiger partial charge in [0.25, 0.3) is 0 Å². The van der Waals surface area contributed by atoms with Crippen LogP contribution in [0.15, 0.2) is 24.3 Å². The third-order valence-corrected chi connectivity index (χ3v) is 3.26. The lowest BCUT2D eigenvalue weighted by molar-refractivity contribution is -0.141. The van der Waals surface area contributed by atoms with Crippen LogP contribution in [-0.4, -0.2) is 30.3 Å². The van der Waals surface area contributed by atoms with E-state index in [0.717, 1.165) is 11.3 Å². The van der Waals surface area contributed by atoms with Crippen molar-refractivity contribution in [3.8, 4) is 0 Å². The first-order valence-corrected chi connectivity index (χ1v) is 6.74. The molecule has 20 heavy (non-hydrogen) atoms. The number of ether oxygens (including phenoxy) is 1. The van der Waals surface area contributed by atoms with Crippen LogP contribution in [0.4, 0.5) is 10.5 Å². The fourth-order valence-electron chi connectivity index (χ4n) is 2.25. The number of hydrogen-bond acceptors (Lipinski definition) is 3. The average molecular weight is 277 g/mol. The first kappa shape index (κ1) is 14.4. The Labute approximate surface area is 118 Å². The topological polar surface area (TPSA) is 66.8 Å². The number of aliphatic carboxylic acids is 1. The Kier molecular flexibility index (Phi) is 4.27. The molecule has 5 heteroatoms. The smallest absolute Gasteiger partial charge is 0.414 e. The molecule has 2 rings (SSSR count). The molecule has 0 radical (unpaired) electrons. The minimum absolute atomic E-state index is 0.156. The normalized spacial score (nSPS) is 17.8. The summed E-state index contributed by atoms with van der Waals surface area (Å²) in [5.41, 5.74) is 1.62. The molecule has 1 aromatic carbocycles. The van der Waals surface area contributed by atoms with Gasteiger partial charge in [-0.2, -0.15) is 0 Å². The highest BCUT2D eigenvalue weighted by molar-refractivity contribution is 5.91. The third-order valence-electron chi connectivity index (χ3n) is 3.26. The Bertz CT molecular complexity index is 512. The van der Waals surface area contributed by atoms with Crippen LogP contribution in [0.3, 0.4) is 0 Å². The van der Waals surface area contributed by atoms with Crippen molar-refractivity contribution in [1.29, 1.82) is 0 Å². The SMILES string of the molecule is CC(C)COC(=O)N1CC(C(=O)O)Cc2ccccc21. The number of carboxylic acid groups (broad SMARTS) is 1. The summed E-state index contributed by atoms with van der Waals surface area (Å²) >= 11 is 0. The molecule has 5 nitrogen and oxygen atoms in total. The van der Waals surface area contributed by atoms with Crippen molar-refractivity contribution in [3.05, 3.63) is 29.8 Å². The largest absolute Gasteiger partial charge is 0.481 e. The second-order valence-corrected chi connectivity index (χ2v) is 5.45. The summed E-state index contributed by atoms with van der Waals surface area (Å²) in [6, 6.07) is 7.36. The van der Waals surface area contributed by atoms with Gasteiger partial charge in [0.15, 0.2) is 0 Å². The van der Waals surface area contributed by atoms with Gasteiger partial charge in [0, 0.05) is 6.54 Å². The second kappa shape index (κ2) is 5.94. The first-order valence-electron chi connectivity index (χ1n) is 6.74. The Hall–Kier alpha value is -2.04. The van der Waals surface area contributed by atoms with Crippen molar-refractivity contribution in [1.82, 2.24) is 0 Å². The Morgan fingerprint density at radius 1 is 1.40 bits per heavy atom. The number of carbonyl (C=O) groups is 2. The average Bonchev–Trinajstić information content (AvgIpc) is 2.43. The molecular weight excluding hydrogens is 258 g/mol. The van der Waals surface area contributed by atoms with Gasteiger partial charge in [-0.05, 0) is 24.0 Å². The molecule has 1 heterocycles. The number of nitrogens with zero attached hydrogens (tertiary/aromatic N) is 1. The summed E-state index contributed by atoms with van der Waals surface area (Å²) in [5.74, 6) is -1.23. The maximum absolute atomic E-state index is 12.1. The lowest BCUT2D eigenvalue weighted by Crippen LogP contribution is -2.43. The summed E-state index contributed by atoms with van der Waals surface area (Å²) in [6.45, 7) is 4.40. The summed E-state index contributed by atoms with van der Waals surface area (Å²) in [5, 5.41) is 9.20. The molecule has 0 aliphatic carbocycles. The van der Waals surface area contributed by atoms with Gasteiger partial charge in [-0.3, -0.25) is 9.69 Å². The van der Waals surface area contributed by atoms with Crippen molar-refractivity contribution >= 4 is 17.7 Å². The van der Waals surface area contributed by atoms with Crippen molar-refractivity contribution in [3.63, 3.8) is 0 Å². The van der Waals surface area contributed by atoms with Gasteiger partial charge in [0.1, 0.15) is 0 Å². The molecule has 0 fully saturated rings. The molecule has 1 N–H and O–H groups in total. The standard InChI is InChI=1S/C15H19NO4/c1-10(2)9-20-15(19)16-8-12(14(17)18)7-11-5-3-4-6-13(11)16/h3-6,10,12H,7-9H2,1-2H3,(H,17,18). The number of anilines is 1. The molecule has 0 saturated heterocycles. The van der Waals surface area contributed by atoms with Crippen molar-refractivity contribution in [2.24, 2.45) is 11.8 Å². The number of hydrogen-bond donors (Lipinski definition) is 1. The van der Waals surface area contributed by atoms with E-state index in [1.54, 1.807) is 0 Å².